The molecule has 0 spiro atoms. The van der Waals surface area contributed by atoms with Crippen molar-refractivity contribution in [2.45, 2.75) is 13.5 Å². The number of aromatic nitrogens is 2. The molecule has 0 saturated carbocycles. The Morgan fingerprint density at radius 3 is 2.62 bits per heavy atom. The van der Waals surface area contributed by atoms with Crippen molar-refractivity contribution in [2.24, 2.45) is 0 Å². The highest BCUT2D eigenvalue weighted by Gasteiger charge is 2.12. The Kier molecular flexibility index (Phi) is 5.86. The molecule has 2 aromatic rings. The highest BCUT2D eigenvalue weighted by molar-refractivity contribution is 5.52. The van der Waals surface area contributed by atoms with Gasteiger partial charge in [0, 0.05) is 25.8 Å². The summed E-state index contributed by atoms with van der Waals surface area (Å²) in [5, 5.41) is 17.2. The summed E-state index contributed by atoms with van der Waals surface area (Å²) in [5.74, 6) is 1.05. The molecule has 6 heteroatoms. The summed E-state index contributed by atoms with van der Waals surface area (Å²) in [6, 6.07) is 7.94. The molecule has 0 bridgehead atoms. The van der Waals surface area contributed by atoms with Gasteiger partial charge in [-0.1, -0.05) is 17.7 Å². The minimum atomic E-state index is 0.0860. The molecule has 0 saturated heterocycles. The second-order valence-corrected chi connectivity index (χ2v) is 4.86. The van der Waals surface area contributed by atoms with Crippen LogP contribution in [0.3, 0.4) is 0 Å². The van der Waals surface area contributed by atoms with Gasteiger partial charge in [0.2, 0.25) is 11.8 Å². The molecule has 2 rings (SSSR count). The molecule has 0 amide bonds. The molecular weight excluding hydrogens is 270 g/mol. The van der Waals surface area contributed by atoms with Crippen molar-refractivity contribution in [3.8, 4) is 11.5 Å². The van der Waals surface area contributed by atoms with Crippen molar-refractivity contribution < 1.29 is 14.3 Å². The molecule has 1 N–H and O–H groups in total. The monoisotopic (exact) mass is 291 g/mol. The van der Waals surface area contributed by atoms with Gasteiger partial charge in [-0.2, -0.15) is 0 Å². The van der Waals surface area contributed by atoms with Crippen LogP contribution in [-0.2, 0) is 11.3 Å². The minimum absolute atomic E-state index is 0.0860. The van der Waals surface area contributed by atoms with Crippen LogP contribution in [0.25, 0.3) is 11.5 Å². The van der Waals surface area contributed by atoms with Gasteiger partial charge < -0.3 is 14.3 Å². The van der Waals surface area contributed by atoms with E-state index in [2.05, 4.69) is 10.2 Å². The Balaban J connectivity index is 2.02. The Labute approximate surface area is 124 Å². The quantitative estimate of drug-likeness (QED) is 0.794. The zero-order chi connectivity index (χ0) is 15.1. The van der Waals surface area contributed by atoms with Crippen molar-refractivity contribution in [2.75, 3.05) is 33.4 Å². The maximum Gasteiger partial charge on any atom is 0.247 e. The summed E-state index contributed by atoms with van der Waals surface area (Å²) in [6.45, 7) is 4.47. The topological polar surface area (TPSA) is 71.6 Å². The number of methoxy groups -OCH3 is 1. The third-order valence-corrected chi connectivity index (χ3v) is 3.15. The third kappa shape index (κ3) is 4.63. The van der Waals surface area contributed by atoms with Crippen molar-refractivity contribution in [1.29, 1.82) is 0 Å². The van der Waals surface area contributed by atoms with Gasteiger partial charge in [0.15, 0.2) is 0 Å². The van der Waals surface area contributed by atoms with Gasteiger partial charge in [0.05, 0.1) is 19.8 Å². The Hall–Kier alpha value is -1.76. The SMILES string of the molecule is COCCN(CCO)Cc1nnc(-c2ccc(C)cc2)o1. The van der Waals surface area contributed by atoms with Crippen LogP contribution in [0.2, 0.25) is 0 Å². The molecule has 0 aliphatic heterocycles. The lowest BCUT2D eigenvalue weighted by molar-refractivity contribution is 0.121. The summed E-state index contributed by atoms with van der Waals surface area (Å²) in [7, 11) is 1.65. The molecule has 1 heterocycles. The highest BCUT2D eigenvalue weighted by atomic mass is 16.5. The van der Waals surface area contributed by atoms with Crippen LogP contribution in [0.5, 0.6) is 0 Å². The predicted molar refractivity (Wildman–Crippen MR) is 78.7 cm³/mol. The first-order valence-corrected chi connectivity index (χ1v) is 6.94. The third-order valence-electron chi connectivity index (χ3n) is 3.15. The molecule has 0 aliphatic carbocycles. The molecule has 21 heavy (non-hydrogen) atoms. The second-order valence-electron chi connectivity index (χ2n) is 4.86. The fourth-order valence-electron chi connectivity index (χ4n) is 1.95. The van der Waals surface area contributed by atoms with Crippen LogP contribution in [-0.4, -0.2) is 53.6 Å². The van der Waals surface area contributed by atoms with Gasteiger partial charge in [-0.05, 0) is 19.1 Å². The normalized spacial score (nSPS) is 11.2. The molecule has 0 fully saturated rings. The lowest BCUT2D eigenvalue weighted by Gasteiger charge is -2.18. The second kappa shape index (κ2) is 7.87. The first kappa shape index (κ1) is 15.6. The summed E-state index contributed by atoms with van der Waals surface area (Å²) < 4.78 is 10.7. The number of aliphatic hydroxyl groups excluding tert-OH is 1. The average molecular weight is 291 g/mol. The van der Waals surface area contributed by atoms with E-state index < -0.39 is 0 Å². The molecule has 0 unspecified atom stereocenters. The first-order chi connectivity index (χ1) is 10.2. The summed E-state index contributed by atoms with van der Waals surface area (Å²) in [4.78, 5) is 2.01. The van der Waals surface area contributed by atoms with Crippen LogP contribution >= 0.6 is 0 Å². The summed E-state index contributed by atoms with van der Waals surface area (Å²) >= 11 is 0. The zero-order valence-corrected chi connectivity index (χ0v) is 12.5. The smallest absolute Gasteiger partial charge is 0.247 e. The van der Waals surface area contributed by atoms with Crippen LogP contribution in [0.15, 0.2) is 28.7 Å². The van der Waals surface area contributed by atoms with Crippen LogP contribution < -0.4 is 0 Å². The lowest BCUT2D eigenvalue weighted by Crippen LogP contribution is -2.30. The number of ether oxygens (including phenoxy) is 1. The molecule has 0 atom stereocenters. The molecule has 114 valence electrons. The maximum atomic E-state index is 9.07. The van der Waals surface area contributed by atoms with E-state index in [1.807, 2.05) is 36.1 Å². The fraction of sp³-hybridized carbons (Fsp3) is 0.467. The van der Waals surface area contributed by atoms with Crippen molar-refractivity contribution >= 4 is 0 Å². The van der Waals surface area contributed by atoms with Gasteiger partial charge in [-0.3, -0.25) is 4.90 Å². The molecule has 1 aromatic heterocycles. The van der Waals surface area contributed by atoms with Crippen LogP contribution in [0.1, 0.15) is 11.5 Å². The average Bonchev–Trinajstić information content (AvgIpc) is 2.94. The van der Waals surface area contributed by atoms with Gasteiger partial charge >= 0.3 is 0 Å². The van der Waals surface area contributed by atoms with Gasteiger partial charge in [-0.25, -0.2) is 0 Å². The molecular formula is C15H21N3O3. The van der Waals surface area contributed by atoms with E-state index in [9.17, 15) is 0 Å². The van der Waals surface area contributed by atoms with E-state index in [1.54, 1.807) is 7.11 Å². The number of benzene rings is 1. The molecule has 0 aliphatic rings. The van der Waals surface area contributed by atoms with Crippen LogP contribution in [0.4, 0.5) is 0 Å². The number of rotatable bonds is 8. The van der Waals surface area contributed by atoms with Crippen molar-refractivity contribution in [3.05, 3.63) is 35.7 Å². The van der Waals surface area contributed by atoms with E-state index >= 15 is 0 Å². The fourth-order valence-corrected chi connectivity index (χ4v) is 1.95. The largest absolute Gasteiger partial charge is 0.419 e. The predicted octanol–water partition coefficient (Wildman–Crippen LogP) is 1.49. The maximum absolute atomic E-state index is 9.07. The van der Waals surface area contributed by atoms with E-state index in [4.69, 9.17) is 14.3 Å². The van der Waals surface area contributed by atoms with E-state index in [0.29, 0.717) is 38.0 Å². The van der Waals surface area contributed by atoms with Crippen molar-refractivity contribution in [3.63, 3.8) is 0 Å². The number of aryl methyl sites for hydroxylation is 1. The first-order valence-electron chi connectivity index (χ1n) is 6.94. The van der Waals surface area contributed by atoms with Gasteiger partial charge in [-0.15, -0.1) is 10.2 Å². The van der Waals surface area contributed by atoms with E-state index in [-0.39, 0.29) is 6.61 Å². The Morgan fingerprint density at radius 1 is 1.19 bits per heavy atom. The lowest BCUT2D eigenvalue weighted by atomic mass is 10.1. The number of nitrogens with zero attached hydrogens (tertiary/aromatic N) is 3. The number of hydrogen-bond donors (Lipinski definition) is 1. The highest BCUT2D eigenvalue weighted by Crippen LogP contribution is 2.18. The Bertz CT molecular complexity index is 539. The standard InChI is InChI=1S/C15H21N3O3/c1-12-3-5-13(6-4-12)15-17-16-14(21-15)11-18(7-9-19)8-10-20-2/h3-6,19H,7-11H2,1-2H3. The van der Waals surface area contributed by atoms with Gasteiger partial charge in [0.25, 0.3) is 0 Å². The molecule has 6 nitrogen and oxygen atoms in total. The van der Waals surface area contributed by atoms with Crippen molar-refractivity contribution in [1.82, 2.24) is 15.1 Å². The van der Waals surface area contributed by atoms with Gasteiger partial charge in [0.1, 0.15) is 0 Å². The Morgan fingerprint density at radius 2 is 1.95 bits per heavy atom. The molecule has 0 radical (unpaired) electrons. The van der Waals surface area contributed by atoms with E-state index in [0.717, 1.165) is 5.56 Å². The summed E-state index contributed by atoms with van der Waals surface area (Å²) in [6.07, 6.45) is 0. The van der Waals surface area contributed by atoms with Crippen LogP contribution in [0, 0.1) is 6.92 Å². The number of aliphatic hydroxyl groups is 1. The number of hydrogen-bond acceptors (Lipinski definition) is 6. The summed E-state index contributed by atoms with van der Waals surface area (Å²) in [5.41, 5.74) is 2.09. The molecule has 1 aromatic carbocycles. The zero-order valence-electron chi connectivity index (χ0n) is 12.5. The van der Waals surface area contributed by atoms with E-state index in [1.165, 1.54) is 5.56 Å². The minimum Gasteiger partial charge on any atom is -0.419 e.